The third kappa shape index (κ3) is 3.71. The van der Waals surface area contributed by atoms with Crippen molar-refractivity contribution < 1.29 is 13.9 Å². The second-order valence-electron chi connectivity index (χ2n) is 4.08. The molecule has 1 heterocycles. The zero-order valence-corrected chi connectivity index (χ0v) is 12.4. The van der Waals surface area contributed by atoms with Crippen molar-refractivity contribution in [2.75, 3.05) is 12.4 Å². The summed E-state index contributed by atoms with van der Waals surface area (Å²) >= 11 is 7.20. The maximum atomic E-state index is 13.7. The number of ether oxygens (including phenoxy) is 1. The fourth-order valence-electron chi connectivity index (χ4n) is 1.65. The highest BCUT2D eigenvalue weighted by atomic mass is 35.5. The minimum absolute atomic E-state index is 0.0903. The summed E-state index contributed by atoms with van der Waals surface area (Å²) in [6, 6.07) is 8.59. The number of halogens is 2. The molecule has 0 aliphatic heterocycles. The Morgan fingerprint density at radius 3 is 2.85 bits per heavy atom. The predicted octanol–water partition coefficient (Wildman–Crippen LogP) is 3.87. The highest BCUT2D eigenvalue weighted by Crippen LogP contribution is 2.24. The normalized spacial score (nSPS) is 10.3. The average molecular weight is 314 g/mol. The Kier molecular flexibility index (Phi) is 4.98. The van der Waals surface area contributed by atoms with Crippen molar-refractivity contribution >= 4 is 34.6 Å². The summed E-state index contributed by atoms with van der Waals surface area (Å²) in [5, 5.41) is 3.08. The van der Waals surface area contributed by atoms with Gasteiger partial charge < -0.3 is 10.1 Å². The van der Waals surface area contributed by atoms with Gasteiger partial charge in [0.2, 0.25) is 0 Å². The first-order valence-corrected chi connectivity index (χ1v) is 7.12. The van der Waals surface area contributed by atoms with Crippen LogP contribution < -0.4 is 5.32 Å². The summed E-state index contributed by atoms with van der Waals surface area (Å²) in [6.45, 7) is 0.475. The van der Waals surface area contributed by atoms with Crippen LogP contribution in [0.3, 0.4) is 0 Å². The minimum atomic E-state index is -0.458. The van der Waals surface area contributed by atoms with Crippen LogP contribution in [0.1, 0.15) is 9.75 Å². The quantitative estimate of drug-likeness (QED) is 0.852. The molecule has 2 aromatic rings. The van der Waals surface area contributed by atoms with E-state index in [0.29, 0.717) is 12.2 Å². The van der Waals surface area contributed by atoms with Gasteiger partial charge in [0.1, 0.15) is 0 Å². The van der Waals surface area contributed by atoms with Crippen LogP contribution in [0.15, 0.2) is 30.3 Å². The van der Waals surface area contributed by atoms with Gasteiger partial charge in [-0.3, -0.25) is 4.79 Å². The molecule has 0 amide bonds. The Morgan fingerprint density at radius 2 is 2.10 bits per heavy atom. The van der Waals surface area contributed by atoms with Gasteiger partial charge in [-0.1, -0.05) is 17.7 Å². The van der Waals surface area contributed by atoms with Crippen LogP contribution >= 0.6 is 22.9 Å². The number of nitrogens with one attached hydrogen (secondary N) is 1. The Balaban J connectivity index is 1.97. The van der Waals surface area contributed by atoms with E-state index in [1.807, 2.05) is 12.1 Å². The van der Waals surface area contributed by atoms with Gasteiger partial charge in [0.05, 0.1) is 24.2 Å². The van der Waals surface area contributed by atoms with E-state index < -0.39 is 5.82 Å². The highest BCUT2D eigenvalue weighted by Gasteiger charge is 2.08. The van der Waals surface area contributed by atoms with Gasteiger partial charge in [-0.05, 0) is 24.3 Å². The second kappa shape index (κ2) is 6.72. The van der Waals surface area contributed by atoms with Gasteiger partial charge in [-0.15, -0.1) is 11.3 Å². The first-order chi connectivity index (χ1) is 9.60. The number of hydrogen-bond acceptors (Lipinski definition) is 4. The molecular formula is C14H13ClFNO2S. The molecule has 0 fully saturated rings. The van der Waals surface area contributed by atoms with Gasteiger partial charge in [0.15, 0.2) is 5.82 Å². The van der Waals surface area contributed by atoms with Crippen molar-refractivity contribution in [3.63, 3.8) is 0 Å². The molecule has 0 atom stereocenters. The molecule has 3 nitrogen and oxygen atoms in total. The zero-order valence-electron chi connectivity index (χ0n) is 10.8. The molecule has 0 radical (unpaired) electrons. The number of hydrogen-bond donors (Lipinski definition) is 1. The van der Waals surface area contributed by atoms with Crippen molar-refractivity contribution in [2.24, 2.45) is 0 Å². The average Bonchev–Trinajstić information content (AvgIpc) is 2.88. The number of methoxy groups -OCH3 is 1. The molecular weight excluding hydrogens is 301 g/mol. The van der Waals surface area contributed by atoms with E-state index in [0.717, 1.165) is 9.75 Å². The summed E-state index contributed by atoms with van der Waals surface area (Å²) in [7, 11) is 1.36. The van der Waals surface area contributed by atoms with E-state index in [1.54, 1.807) is 12.1 Å². The van der Waals surface area contributed by atoms with E-state index >= 15 is 0 Å². The maximum absolute atomic E-state index is 13.7. The molecule has 0 unspecified atom stereocenters. The minimum Gasteiger partial charge on any atom is -0.469 e. The fourth-order valence-corrected chi connectivity index (χ4v) is 2.77. The Bertz CT molecular complexity index is 615. The molecule has 0 aliphatic rings. The van der Waals surface area contributed by atoms with Crippen LogP contribution in [0.4, 0.5) is 10.1 Å². The second-order valence-corrected chi connectivity index (χ2v) is 5.74. The number of thiophene rings is 1. The first kappa shape index (κ1) is 14.8. The van der Waals surface area contributed by atoms with Crippen molar-refractivity contribution in [2.45, 2.75) is 13.0 Å². The first-order valence-electron chi connectivity index (χ1n) is 5.92. The van der Waals surface area contributed by atoms with Crippen molar-refractivity contribution in [1.29, 1.82) is 0 Å². The molecule has 0 aliphatic carbocycles. The molecule has 1 aromatic carbocycles. The van der Waals surface area contributed by atoms with Crippen LogP contribution in [0.2, 0.25) is 5.02 Å². The summed E-state index contributed by atoms with van der Waals surface area (Å²) in [5.41, 5.74) is 0.361. The number of carbonyl (C=O) groups is 1. The molecule has 0 saturated heterocycles. The molecule has 1 N–H and O–H groups in total. The molecule has 0 bridgehead atoms. The smallest absolute Gasteiger partial charge is 0.310 e. The van der Waals surface area contributed by atoms with Gasteiger partial charge in [0, 0.05) is 16.3 Å². The third-order valence-electron chi connectivity index (χ3n) is 2.67. The van der Waals surface area contributed by atoms with E-state index in [2.05, 4.69) is 10.1 Å². The van der Waals surface area contributed by atoms with Crippen LogP contribution in [0.5, 0.6) is 0 Å². The molecule has 20 heavy (non-hydrogen) atoms. The number of anilines is 1. The molecule has 2 rings (SSSR count). The summed E-state index contributed by atoms with van der Waals surface area (Å²) < 4.78 is 18.3. The van der Waals surface area contributed by atoms with E-state index in [4.69, 9.17) is 11.6 Å². The Hall–Kier alpha value is -1.59. The molecule has 0 saturated carbocycles. The topological polar surface area (TPSA) is 38.3 Å². The summed E-state index contributed by atoms with van der Waals surface area (Å²) in [4.78, 5) is 13.1. The number of benzene rings is 1. The maximum Gasteiger partial charge on any atom is 0.310 e. The number of carbonyl (C=O) groups excluding carboxylic acids is 1. The molecule has 106 valence electrons. The lowest BCUT2D eigenvalue weighted by Crippen LogP contribution is -2.02. The lowest BCUT2D eigenvalue weighted by Gasteiger charge is -2.06. The fraction of sp³-hybridized carbons (Fsp3) is 0.214. The summed E-state index contributed by atoms with van der Waals surface area (Å²) in [6.07, 6.45) is 0.257. The molecule has 0 spiro atoms. The lowest BCUT2D eigenvalue weighted by molar-refractivity contribution is -0.139. The SMILES string of the molecule is COC(=O)Cc1ccc(CNc2cccc(Cl)c2F)s1. The van der Waals surface area contributed by atoms with Crippen LogP contribution in [-0.2, 0) is 22.5 Å². The van der Waals surface area contributed by atoms with Gasteiger partial charge in [-0.2, -0.15) is 0 Å². The highest BCUT2D eigenvalue weighted by molar-refractivity contribution is 7.12. The van der Waals surface area contributed by atoms with Crippen molar-refractivity contribution in [3.8, 4) is 0 Å². The van der Waals surface area contributed by atoms with Crippen LogP contribution in [-0.4, -0.2) is 13.1 Å². The van der Waals surface area contributed by atoms with Gasteiger partial charge >= 0.3 is 5.97 Å². The predicted molar refractivity (Wildman–Crippen MR) is 78.8 cm³/mol. The van der Waals surface area contributed by atoms with Gasteiger partial charge in [0.25, 0.3) is 0 Å². The number of rotatable bonds is 5. The Morgan fingerprint density at radius 1 is 1.35 bits per heavy atom. The van der Waals surface area contributed by atoms with Crippen molar-refractivity contribution in [3.05, 3.63) is 50.9 Å². The van der Waals surface area contributed by atoms with E-state index in [-0.39, 0.29) is 17.4 Å². The third-order valence-corrected chi connectivity index (χ3v) is 4.05. The standard InChI is InChI=1S/C14H13ClFNO2S/c1-19-13(18)7-9-5-6-10(20-9)8-17-12-4-2-3-11(15)14(12)16/h2-6,17H,7-8H2,1H3. The number of esters is 1. The van der Waals surface area contributed by atoms with Crippen LogP contribution in [0, 0.1) is 5.82 Å². The van der Waals surface area contributed by atoms with Crippen LogP contribution in [0.25, 0.3) is 0 Å². The molecule has 6 heteroatoms. The zero-order chi connectivity index (χ0) is 14.5. The largest absolute Gasteiger partial charge is 0.469 e. The van der Waals surface area contributed by atoms with Crippen molar-refractivity contribution in [1.82, 2.24) is 0 Å². The monoisotopic (exact) mass is 313 g/mol. The lowest BCUT2D eigenvalue weighted by atomic mass is 10.3. The summed E-state index contributed by atoms with van der Waals surface area (Å²) in [5.74, 6) is -0.729. The molecule has 1 aromatic heterocycles. The van der Waals surface area contributed by atoms with E-state index in [9.17, 15) is 9.18 Å². The van der Waals surface area contributed by atoms with E-state index in [1.165, 1.54) is 24.5 Å². The Labute approximate surface area is 125 Å². The van der Waals surface area contributed by atoms with Gasteiger partial charge in [-0.25, -0.2) is 4.39 Å².